The molecule has 0 aliphatic carbocycles. The van der Waals surface area contributed by atoms with Crippen molar-refractivity contribution >= 4 is 22.6 Å². The zero-order valence-corrected chi connectivity index (χ0v) is 13.6. The highest BCUT2D eigenvalue weighted by Crippen LogP contribution is 2.31. The maximum absolute atomic E-state index is 12.6. The summed E-state index contributed by atoms with van der Waals surface area (Å²) >= 11 is 2.23. The molecule has 2 aromatic rings. The molecule has 1 atom stereocenters. The van der Waals surface area contributed by atoms with Crippen LogP contribution in [-0.2, 0) is 6.18 Å². The topological polar surface area (TPSA) is 12.0 Å². The van der Waals surface area contributed by atoms with Crippen molar-refractivity contribution in [1.29, 1.82) is 0 Å². The van der Waals surface area contributed by atoms with E-state index >= 15 is 0 Å². The Morgan fingerprint density at radius 1 is 1.05 bits per heavy atom. The summed E-state index contributed by atoms with van der Waals surface area (Å²) in [5.41, 5.74) is 1.25. The normalized spacial score (nSPS) is 13.2. The van der Waals surface area contributed by atoms with E-state index < -0.39 is 11.7 Å². The zero-order chi connectivity index (χ0) is 15.5. The molecular formula is C16H15F3IN. The van der Waals surface area contributed by atoms with Crippen molar-refractivity contribution < 1.29 is 13.2 Å². The average Bonchev–Trinajstić information content (AvgIpc) is 2.44. The molecule has 1 nitrogen and oxygen atoms in total. The highest BCUT2D eigenvalue weighted by Gasteiger charge is 2.30. The maximum Gasteiger partial charge on any atom is 0.416 e. The van der Waals surface area contributed by atoms with Crippen molar-refractivity contribution in [3.05, 3.63) is 68.8 Å². The van der Waals surface area contributed by atoms with Gasteiger partial charge in [-0.05, 0) is 64.5 Å². The van der Waals surface area contributed by atoms with Crippen LogP contribution in [-0.4, -0.2) is 6.54 Å². The first-order valence-electron chi connectivity index (χ1n) is 6.58. The van der Waals surface area contributed by atoms with Gasteiger partial charge in [0.15, 0.2) is 0 Å². The number of halogens is 4. The van der Waals surface area contributed by atoms with E-state index in [-0.39, 0.29) is 6.04 Å². The van der Waals surface area contributed by atoms with Gasteiger partial charge in [-0.3, -0.25) is 0 Å². The fourth-order valence-corrected chi connectivity index (χ4v) is 2.75. The Morgan fingerprint density at radius 3 is 2.24 bits per heavy atom. The summed E-state index contributed by atoms with van der Waals surface area (Å²) in [7, 11) is 0. The molecule has 0 fully saturated rings. The van der Waals surface area contributed by atoms with Crippen LogP contribution in [0.2, 0.25) is 0 Å². The number of alkyl halides is 3. The summed E-state index contributed by atoms with van der Waals surface area (Å²) < 4.78 is 39.0. The van der Waals surface area contributed by atoms with E-state index in [1.54, 1.807) is 0 Å². The smallest absolute Gasteiger partial charge is 0.307 e. The quantitative estimate of drug-likeness (QED) is 0.706. The minimum absolute atomic E-state index is 0.105. The van der Waals surface area contributed by atoms with Crippen LogP contribution in [0.3, 0.4) is 0 Å². The summed E-state index contributed by atoms with van der Waals surface area (Å²) in [5.74, 6) is 0. The number of rotatable bonds is 4. The Kier molecular flexibility index (Phi) is 5.27. The zero-order valence-electron chi connectivity index (χ0n) is 11.4. The maximum atomic E-state index is 12.6. The molecule has 0 heterocycles. The van der Waals surface area contributed by atoms with Gasteiger partial charge in [-0.15, -0.1) is 0 Å². The van der Waals surface area contributed by atoms with Gasteiger partial charge in [-0.2, -0.15) is 13.2 Å². The summed E-state index contributed by atoms with van der Waals surface area (Å²) in [5, 5.41) is 3.32. The van der Waals surface area contributed by atoms with Gasteiger partial charge in [0, 0.05) is 3.57 Å². The van der Waals surface area contributed by atoms with Crippen molar-refractivity contribution in [2.45, 2.75) is 19.1 Å². The molecule has 0 aliphatic heterocycles. The largest absolute Gasteiger partial charge is 0.416 e. The second-order valence-electron chi connectivity index (χ2n) is 4.67. The summed E-state index contributed by atoms with van der Waals surface area (Å²) in [6.45, 7) is 2.71. The molecule has 112 valence electrons. The Balaban J connectivity index is 2.34. The van der Waals surface area contributed by atoms with Gasteiger partial charge in [-0.25, -0.2) is 0 Å². The third kappa shape index (κ3) is 4.20. The molecule has 0 radical (unpaired) electrons. The van der Waals surface area contributed by atoms with Crippen LogP contribution in [0, 0.1) is 3.57 Å². The van der Waals surface area contributed by atoms with E-state index in [0.29, 0.717) is 0 Å². The molecule has 1 N–H and O–H groups in total. The van der Waals surface area contributed by atoms with Crippen LogP contribution >= 0.6 is 22.6 Å². The van der Waals surface area contributed by atoms with Crippen LogP contribution in [0.15, 0.2) is 48.5 Å². The Morgan fingerprint density at radius 2 is 1.71 bits per heavy atom. The van der Waals surface area contributed by atoms with Gasteiger partial charge in [0.1, 0.15) is 0 Å². The molecule has 0 spiro atoms. The highest BCUT2D eigenvalue weighted by atomic mass is 127. The number of hydrogen-bond donors (Lipinski definition) is 1. The monoisotopic (exact) mass is 405 g/mol. The van der Waals surface area contributed by atoms with Crippen molar-refractivity contribution in [1.82, 2.24) is 5.32 Å². The van der Waals surface area contributed by atoms with Crippen LogP contribution < -0.4 is 5.32 Å². The number of hydrogen-bond acceptors (Lipinski definition) is 1. The van der Waals surface area contributed by atoms with Gasteiger partial charge in [-0.1, -0.05) is 31.2 Å². The predicted octanol–water partition coefficient (Wildman–Crippen LogP) is 5.01. The molecule has 0 saturated heterocycles. The van der Waals surface area contributed by atoms with E-state index in [4.69, 9.17) is 0 Å². The first-order chi connectivity index (χ1) is 9.91. The lowest BCUT2D eigenvalue weighted by atomic mass is 9.97. The molecule has 0 aliphatic rings. The third-order valence-corrected chi connectivity index (χ3v) is 3.83. The fourth-order valence-electron chi connectivity index (χ4n) is 2.18. The van der Waals surface area contributed by atoms with Gasteiger partial charge < -0.3 is 5.32 Å². The van der Waals surface area contributed by atoms with Crippen molar-refractivity contribution in [2.24, 2.45) is 0 Å². The number of nitrogens with one attached hydrogen (secondary N) is 1. The van der Waals surface area contributed by atoms with Crippen molar-refractivity contribution in [2.75, 3.05) is 6.54 Å². The molecule has 0 bridgehead atoms. The van der Waals surface area contributed by atoms with E-state index in [0.717, 1.165) is 33.4 Å². The molecule has 0 saturated carbocycles. The molecule has 21 heavy (non-hydrogen) atoms. The average molecular weight is 405 g/mol. The molecule has 2 rings (SSSR count). The third-order valence-electron chi connectivity index (χ3n) is 3.16. The van der Waals surface area contributed by atoms with Gasteiger partial charge in [0.2, 0.25) is 0 Å². The van der Waals surface area contributed by atoms with Crippen LogP contribution in [0.1, 0.15) is 29.7 Å². The summed E-state index contributed by atoms with van der Waals surface area (Å²) in [6, 6.07) is 13.2. The predicted molar refractivity (Wildman–Crippen MR) is 86.1 cm³/mol. The number of benzene rings is 2. The molecule has 2 aromatic carbocycles. The van der Waals surface area contributed by atoms with E-state index in [1.165, 1.54) is 12.1 Å². The summed E-state index contributed by atoms with van der Waals surface area (Å²) in [6.07, 6.45) is -4.30. The second-order valence-corrected chi connectivity index (χ2v) is 5.91. The summed E-state index contributed by atoms with van der Waals surface area (Å²) in [4.78, 5) is 0. The molecule has 0 aromatic heterocycles. The van der Waals surface area contributed by atoms with Gasteiger partial charge in [0.25, 0.3) is 0 Å². The lowest BCUT2D eigenvalue weighted by Gasteiger charge is -2.20. The highest BCUT2D eigenvalue weighted by molar-refractivity contribution is 14.1. The minimum atomic E-state index is -4.30. The van der Waals surface area contributed by atoms with Crippen molar-refractivity contribution in [3.8, 4) is 0 Å². The van der Waals surface area contributed by atoms with E-state index in [1.807, 2.05) is 31.2 Å². The second kappa shape index (κ2) is 6.79. The van der Waals surface area contributed by atoms with E-state index in [9.17, 15) is 13.2 Å². The van der Waals surface area contributed by atoms with Gasteiger partial charge in [0.05, 0.1) is 11.6 Å². The first kappa shape index (κ1) is 16.3. The van der Waals surface area contributed by atoms with Crippen LogP contribution in [0.5, 0.6) is 0 Å². The van der Waals surface area contributed by atoms with Crippen molar-refractivity contribution in [3.63, 3.8) is 0 Å². The van der Waals surface area contributed by atoms with Crippen LogP contribution in [0.4, 0.5) is 13.2 Å². The minimum Gasteiger partial charge on any atom is -0.307 e. The molecule has 1 unspecified atom stereocenters. The van der Waals surface area contributed by atoms with Gasteiger partial charge >= 0.3 is 6.18 Å². The molecule has 5 heteroatoms. The fraction of sp³-hybridized carbons (Fsp3) is 0.250. The van der Waals surface area contributed by atoms with E-state index in [2.05, 4.69) is 27.9 Å². The standard InChI is InChI=1S/C16H15F3IN/c1-2-21-15(12-4-3-5-14(20)10-12)11-6-8-13(9-7-11)16(17,18)19/h3-10,15,21H,2H2,1H3. The molecule has 0 amide bonds. The Bertz CT molecular complexity index is 593. The lowest BCUT2D eigenvalue weighted by Crippen LogP contribution is -2.22. The van der Waals surface area contributed by atoms with Crippen LogP contribution in [0.25, 0.3) is 0 Å². The Hall–Kier alpha value is -1.08. The molecular weight excluding hydrogens is 390 g/mol. The SMILES string of the molecule is CCNC(c1ccc(C(F)(F)F)cc1)c1cccc(I)c1. The Labute approximate surface area is 135 Å². The lowest BCUT2D eigenvalue weighted by molar-refractivity contribution is -0.137. The first-order valence-corrected chi connectivity index (χ1v) is 7.65.